The molecule has 0 aliphatic rings. The number of benzene rings is 2. The number of likely N-dealkylation sites (N-methyl/N-ethyl adjacent to an activating group) is 1. The number of halogens is 1. The van der Waals surface area contributed by atoms with Gasteiger partial charge in [-0.1, -0.05) is 35.0 Å². The van der Waals surface area contributed by atoms with E-state index in [0.29, 0.717) is 16.5 Å². The van der Waals surface area contributed by atoms with E-state index in [2.05, 4.69) is 10.1 Å². The summed E-state index contributed by atoms with van der Waals surface area (Å²) in [5.41, 5.74) is 1.14. The maximum Gasteiger partial charge on any atom is 0.246 e. The van der Waals surface area contributed by atoms with E-state index >= 15 is 0 Å². The van der Waals surface area contributed by atoms with Gasteiger partial charge in [0.25, 0.3) is 0 Å². The van der Waals surface area contributed by atoms with E-state index in [0.717, 1.165) is 16.1 Å². The maximum absolute atomic E-state index is 12.6. The van der Waals surface area contributed by atoms with Crippen molar-refractivity contribution in [3.05, 3.63) is 65.5 Å². The van der Waals surface area contributed by atoms with E-state index in [1.165, 1.54) is 4.90 Å². The minimum Gasteiger partial charge on any atom is -0.337 e. The van der Waals surface area contributed by atoms with Gasteiger partial charge in [0.1, 0.15) is 6.54 Å². The van der Waals surface area contributed by atoms with Gasteiger partial charge in [-0.25, -0.2) is 8.42 Å². The van der Waals surface area contributed by atoms with Crippen molar-refractivity contribution >= 4 is 33.2 Å². The zero-order valence-electron chi connectivity index (χ0n) is 15.8. The first kappa shape index (κ1) is 20.8. The molecule has 0 N–H and O–H groups in total. The summed E-state index contributed by atoms with van der Waals surface area (Å²) >= 11 is 5.87. The fourth-order valence-corrected chi connectivity index (χ4v) is 3.54. The van der Waals surface area contributed by atoms with Gasteiger partial charge in [-0.15, -0.1) is 0 Å². The van der Waals surface area contributed by atoms with Crippen molar-refractivity contribution in [1.29, 1.82) is 0 Å². The SMILES string of the molecule is CN(Cc1nc(-c2ccc(Cl)cc2)no1)C(=O)CN(c1ccccc1)S(C)(=O)=O. The van der Waals surface area contributed by atoms with Crippen molar-refractivity contribution in [3.63, 3.8) is 0 Å². The summed E-state index contributed by atoms with van der Waals surface area (Å²) in [7, 11) is -2.09. The second kappa shape index (κ2) is 8.62. The number of hydrogen-bond acceptors (Lipinski definition) is 6. The predicted octanol–water partition coefficient (Wildman–Crippen LogP) is 2.81. The first-order valence-corrected chi connectivity index (χ1v) is 10.8. The Morgan fingerprint density at radius 1 is 1.10 bits per heavy atom. The number of carbonyl (C=O) groups excluding carboxylic acids is 1. The van der Waals surface area contributed by atoms with Gasteiger partial charge in [0.05, 0.1) is 18.5 Å². The number of aromatic nitrogens is 2. The molecule has 0 spiro atoms. The van der Waals surface area contributed by atoms with Crippen LogP contribution in [-0.2, 0) is 21.4 Å². The molecule has 29 heavy (non-hydrogen) atoms. The highest BCUT2D eigenvalue weighted by molar-refractivity contribution is 7.92. The molecule has 0 radical (unpaired) electrons. The number of rotatable bonds is 7. The number of anilines is 1. The second-order valence-electron chi connectivity index (χ2n) is 6.37. The highest BCUT2D eigenvalue weighted by Crippen LogP contribution is 2.20. The molecule has 0 fully saturated rings. The Bertz CT molecular complexity index is 1080. The molecule has 0 aliphatic heterocycles. The Hall–Kier alpha value is -2.91. The summed E-state index contributed by atoms with van der Waals surface area (Å²) in [6.45, 7) is -0.288. The predicted molar refractivity (Wildman–Crippen MR) is 110 cm³/mol. The molecule has 0 saturated carbocycles. The van der Waals surface area contributed by atoms with Crippen LogP contribution >= 0.6 is 11.6 Å². The molecular formula is C19H19ClN4O4S. The van der Waals surface area contributed by atoms with Crippen LogP contribution in [0, 0.1) is 0 Å². The van der Waals surface area contributed by atoms with Gasteiger partial charge in [0.15, 0.2) is 0 Å². The third-order valence-corrected chi connectivity index (χ3v) is 5.48. The molecule has 3 rings (SSSR count). The molecular weight excluding hydrogens is 416 g/mol. The normalized spacial score (nSPS) is 11.3. The van der Waals surface area contributed by atoms with E-state index in [4.69, 9.17) is 16.1 Å². The second-order valence-corrected chi connectivity index (χ2v) is 8.72. The first-order valence-electron chi connectivity index (χ1n) is 8.59. The van der Waals surface area contributed by atoms with Crippen molar-refractivity contribution < 1.29 is 17.7 Å². The lowest BCUT2D eigenvalue weighted by molar-refractivity contribution is -0.129. The molecule has 0 bridgehead atoms. The first-order chi connectivity index (χ1) is 13.7. The molecule has 0 saturated heterocycles. The number of sulfonamides is 1. The number of hydrogen-bond donors (Lipinski definition) is 0. The Morgan fingerprint density at radius 3 is 2.38 bits per heavy atom. The Morgan fingerprint density at radius 2 is 1.76 bits per heavy atom. The minimum absolute atomic E-state index is 0.0474. The van der Waals surface area contributed by atoms with Crippen molar-refractivity contribution in [1.82, 2.24) is 15.0 Å². The molecule has 1 aromatic heterocycles. The Labute approximate surface area is 173 Å². The molecule has 0 unspecified atom stereocenters. The zero-order valence-corrected chi connectivity index (χ0v) is 17.4. The zero-order chi connectivity index (χ0) is 21.0. The summed E-state index contributed by atoms with van der Waals surface area (Å²) < 4.78 is 30.5. The lowest BCUT2D eigenvalue weighted by Crippen LogP contribution is -2.41. The van der Waals surface area contributed by atoms with Crippen LogP contribution in [-0.4, -0.2) is 49.2 Å². The third kappa shape index (κ3) is 5.33. The topological polar surface area (TPSA) is 96.6 Å². The van der Waals surface area contributed by atoms with Gasteiger partial charge in [0.2, 0.25) is 27.6 Å². The lowest BCUT2D eigenvalue weighted by Gasteiger charge is -2.24. The molecule has 0 atom stereocenters. The van der Waals surface area contributed by atoms with E-state index in [-0.39, 0.29) is 19.0 Å². The van der Waals surface area contributed by atoms with Crippen LogP contribution in [0.1, 0.15) is 5.89 Å². The fraction of sp³-hybridized carbons (Fsp3) is 0.211. The summed E-state index contributed by atoms with van der Waals surface area (Å²) in [4.78, 5) is 18.2. The summed E-state index contributed by atoms with van der Waals surface area (Å²) in [5.74, 6) is 0.196. The average molecular weight is 435 g/mol. The number of carbonyl (C=O) groups is 1. The van der Waals surface area contributed by atoms with Gasteiger partial charge in [-0.2, -0.15) is 4.98 Å². The standard InChI is InChI=1S/C19H19ClN4O4S/c1-23(12-17-21-19(22-28-17)14-8-10-15(20)11-9-14)18(25)13-24(29(2,26)27)16-6-4-3-5-7-16/h3-11H,12-13H2,1-2H3. The van der Waals surface area contributed by atoms with Crippen LogP contribution in [0.2, 0.25) is 5.02 Å². The summed E-state index contributed by atoms with van der Waals surface area (Å²) in [6, 6.07) is 15.4. The van der Waals surface area contributed by atoms with Crippen molar-refractivity contribution in [2.24, 2.45) is 0 Å². The molecule has 152 valence electrons. The van der Waals surface area contributed by atoms with E-state index in [9.17, 15) is 13.2 Å². The van der Waals surface area contributed by atoms with E-state index < -0.39 is 15.9 Å². The molecule has 0 aliphatic carbocycles. The smallest absolute Gasteiger partial charge is 0.246 e. The molecule has 8 nitrogen and oxygen atoms in total. The van der Waals surface area contributed by atoms with Crippen LogP contribution in [0.15, 0.2) is 59.1 Å². The van der Waals surface area contributed by atoms with Crippen LogP contribution in [0.5, 0.6) is 0 Å². The van der Waals surface area contributed by atoms with Crippen molar-refractivity contribution in [3.8, 4) is 11.4 Å². The van der Waals surface area contributed by atoms with Gasteiger partial charge in [0, 0.05) is 17.6 Å². The largest absolute Gasteiger partial charge is 0.337 e. The van der Waals surface area contributed by atoms with Gasteiger partial charge >= 0.3 is 0 Å². The quantitative estimate of drug-likeness (QED) is 0.567. The van der Waals surface area contributed by atoms with Gasteiger partial charge < -0.3 is 9.42 Å². The molecule has 3 aromatic rings. The lowest BCUT2D eigenvalue weighted by atomic mass is 10.2. The van der Waals surface area contributed by atoms with Crippen LogP contribution in [0.4, 0.5) is 5.69 Å². The number of nitrogens with zero attached hydrogens (tertiary/aromatic N) is 4. The maximum atomic E-state index is 12.6. The average Bonchev–Trinajstić information content (AvgIpc) is 3.14. The highest BCUT2D eigenvalue weighted by Gasteiger charge is 2.23. The fourth-order valence-electron chi connectivity index (χ4n) is 2.56. The van der Waals surface area contributed by atoms with Crippen LogP contribution < -0.4 is 4.31 Å². The monoisotopic (exact) mass is 434 g/mol. The number of amides is 1. The molecule has 10 heteroatoms. The van der Waals surface area contributed by atoms with Crippen LogP contribution in [0.25, 0.3) is 11.4 Å². The molecule has 2 aromatic carbocycles. The van der Waals surface area contributed by atoms with E-state index in [1.54, 1.807) is 61.6 Å². The Balaban J connectivity index is 1.69. The minimum atomic E-state index is -3.63. The van der Waals surface area contributed by atoms with Crippen molar-refractivity contribution in [2.75, 3.05) is 24.2 Å². The molecule has 1 amide bonds. The van der Waals surface area contributed by atoms with Crippen molar-refractivity contribution in [2.45, 2.75) is 6.54 Å². The number of para-hydroxylation sites is 1. The van der Waals surface area contributed by atoms with Crippen LogP contribution in [0.3, 0.4) is 0 Å². The molecule has 1 heterocycles. The summed E-state index contributed by atoms with van der Waals surface area (Å²) in [5, 5.41) is 4.50. The Kier molecular flexibility index (Phi) is 6.19. The van der Waals surface area contributed by atoms with Gasteiger partial charge in [-0.3, -0.25) is 9.10 Å². The summed E-state index contributed by atoms with van der Waals surface area (Å²) in [6.07, 6.45) is 1.06. The highest BCUT2D eigenvalue weighted by atomic mass is 35.5. The third-order valence-electron chi connectivity index (χ3n) is 4.09. The van der Waals surface area contributed by atoms with E-state index in [1.807, 2.05) is 0 Å². The van der Waals surface area contributed by atoms with Gasteiger partial charge in [-0.05, 0) is 36.4 Å².